The molecule has 0 aliphatic carbocycles. The first kappa shape index (κ1) is 19.3. The molecule has 4 heteroatoms. The fraction of sp³-hybridized carbons (Fsp3) is 0.294. The minimum Gasteiger partial charge on any atom is -0.323 e. The average molecular weight is 306 g/mol. The molecule has 2 N–H and O–H groups in total. The Kier molecular flexibility index (Phi) is 8.51. The topological polar surface area (TPSA) is 51.3 Å². The quantitative estimate of drug-likeness (QED) is 0.775. The van der Waals surface area contributed by atoms with E-state index in [0.29, 0.717) is 10.7 Å². The first-order valence-corrected chi connectivity index (χ1v) is 7.25. The summed E-state index contributed by atoms with van der Waals surface area (Å²) in [6, 6.07) is 1.64. The third-order valence-electron chi connectivity index (χ3n) is 2.72. The number of pyridine rings is 1. The number of allylic oxidation sites excluding steroid dienone is 1. The summed E-state index contributed by atoms with van der Waals surface area (Å²) in [6.07, 6.45) is 3.49. The molecule has 0 aliphatic heterocycles. The molecule has 1 aromatic heterocycles. The van der Waals surface area contributed by atoms with Crippen LogP contribution in [0.1, 0.15) is 56.3 Å². The SMILES string of the molecule is C=Cc1nc(C(C)N)c(/C(=C/C)N=C)cc1C(=C)Cl.CC. The van der Waals surface area contributed by atoms with Gasteiger partial charge in [-0.05, 0) is 32.7 Å². The summed E-state index contributed by atoms with van der Waals surface area (Å²) < 4.78 is 0. The molecule has 114 valence electrons. The van der Waals surface area contributed by atoms with E-state index in [1.54, 1.807) is 6.08 Å². The maximum absolute atomic E-state index is 6.00. The maximum atomic E-state index is 6.00. The van der Waals surface area contributed by atoms with Crippen LogP contribution in [0, 0.1) is 0 Å². The van der Waals surface area contributed by atoms with Crippen molar-refractivity contribution in [2.75, 3.05) is 0 Å². The van der Waals surface area contributed by atoms with Crippen LogP contribution in [0.4, 0.5) is 0 Å². The van der Waals surface area contributed by atoms with Crippen molar-refractivity contribution >= 4 is 35.1 Å². The van der Waals surface area contributed by atoms with Crippen LogP contribution in [0.2, 0.25) is 0 Å². The second kappa shape index (κ2) is 9.27. The van der Waals surface area contributed by atoms with E-state index in [2.05, 4.69) is 29.9 Å². The number of nitrogens with two attached hydrogens (primary N) is 1. The van der Waals surface area contributed by atoms with E-state index in [4.69, 9.17) is 17.3 Å². The molecule has 3 nitrogen and oxygen atoms in total. The molecule has 1 aromatic rings. The number of rotatable bonds is 5. The molecule has 1 rings (SSSR count). The van der Waals surface area contributed by atoms with Gasteiger partial charge in [-0.3, -0.25) is 9.98 Å². The number of hydrogen-bond acceptors (Lipinski definition) is 3. The minimum atomic E-state index is -0.233. The van der Waals surface area contributed by atoms with E-state index in [0.717, 1.165) is 22.5 Å². The van der Waals surface area contributed by atoms with Gasteiger partial charge in [0, 0.05) is 22.2 Å². The number of nitrogens with zero attached hydrogens (tertiary/aromatic N) is 2. The van der Waals surface area contributed by atoms with Crippen LogP contribution < -0.4 is 5.73 Å². The van der Waals surface area contributed by atoms with E-state index in [1.165, 1.54) is 0 Å². The van der Waals surface area contributed by atoms with Gasteiger partial charge in [0.15, 0.2) is 0 Å². The van der Waals surface area contributed by atoms with Gasteiger partial charge in [0.25, 0.3) is 0 Å². The number of aliphatic imine (C=N–C) groups is 1. The molecule has 0 aromatic carbocycles. The van der Waals surface area contributed by atoms with E-state index < -0.39 is 0 Å². The monoisotopic (exact) mass is 305 g/mol. The molecule has 0 amide bonds. The van der Waals surface area contributed by atoms with Gasteiger partial charge >= 0.3 is 0 Å². The van der Waals surface area contributed by atoms with Crippen molar-refractivity contribution in [3.05, 3.63) is 47.8 Å². The lowest BCUT2D eigenvalue weighted by atomic mass is 10.0. The van der Waals surface area contributed by atoms with Crippen LogP contribution >= 0.6 is 11.6 Å². The normalized spacial score (nSPS) is 12.0. The predicted molar refractivity (Wildman–Crippen MR) is 96.4 cm³/mol. The van der Waals surface area contributed by atoms with Crippen molar-refractivity contribution in [3.63, 3.8) is 0 Å². The fourth-order valence-electron chi connectivity index (χ4n) is 1.80. The molecule has 0 saturated heterocycles. The summed E-state index contributed by atoms with van der Waals surface area (Å²) in [5.74, 6) is 0. The minimum absolute atomic E-state index is 0.233. The first-order valence-electron chi connectivity index (χ1n) is 6.87. The Morgan fingerprint density at radius 3 is 2.33 bits per heavy atom. The van der Waals surface area contributed by atoms with Crippen molar-refractivity contribution in [2.24, 2.45) is 10.7 Å². The van der Waals surface area contributed by atoms with Gasteiger partial charge in [0.1, 0.15) is 0 Å². The smallest absolute Gasteiger partial charge is 0.0715 e. The Balaban J connectivity index is 0.00000191. The highest BCUT2D eigenvalue weighted by Crippen LogP contribution is 2.30. The molecule has 0 fully saturated rings. The molecule has 1 atom stereocenters. The zero-order valence-corrected chi connectivity index (χ0v) is 14.0. The number of hydrogen-bond donors (Lipinski definition) is 1. The molecule has 0 bridgehead atoms. The van der Waals surface area contributed by atoms with Gasteiger partial charge in [0.2, 0.25) is 0 Å². The standard InChI is InChI=1S/C15H18ClN3.C2H6/c1-6-13(18-5)12-8-11(9(3)16)14(7-2)19-15(12)10(4)17;1-2/h6-8,10H,2-3,5,17H2,1,4H3;1-2H3/b13-6-;. The lowest BCUT2D eigenvalue weighted by Crippen LogP contribution is -2.12. The molecule has 0 aliphatic rings. The van der Waals surface area contributed by atoms with Crippen molar-refractivity contribution in [3.8, 4) is 0 Å². The summed E-state index contributed by atoms with van der Waals surface area (Å²) in [6.45, 7) is 18.8. The van der Waals surface area contributed by atoms with E-state index >= 15 is 0 Å². The van der Waals surface area contributed by atoms with Gasteiger partial charge in [-0.2, -0.15) is 0 Å². The van der Waals surface area contributed by atoms with E-state index in [9.17, 15) is 0 Å². The van der Waals surface area contributed by atoms with Crippen LogP contribution in [-0.2, 0) is 0 Å². The highest BCUT2D eigenvalue weighted by molar-refractivity contribution is 6.48. The van der Waals surface area contributed by atoms with Gasteiger partial charge in [-0.25, -0.2) is 0 Å². The van der Waals surface area contributed by atoms with Crippen LogP contribution in [0.3, 0.4) is 0 Å². The van der Waals surface area contributed by atoms with Gasteiger partial charge in [-0.1, -0.05) is 44.7 Å². The third-order valence-corrected chi connectivity index (χ3v) is 2.92. The van der Waals surface area contributed by atoms with Gasteiger partial charge in [-0.15, -0.1) is 0 Å². The van der Waals surface area contributed by atoms with Gasteiger partial charge in [0.05, 0.1) is 17.1 Å². The first-order chi connectivity index (χ1) is 9.96. The summed E-state index contributed by atoms with van der Waals surface area (Å²) in [4.78, 5) is 8.50. The molecule has 0 spiro atoms. The van der Waals surface area contributed by atoms with Gasteiger partial charge < -0.3 is 5.73 Å². The van der Waals surface area contributed by atoms with Crippen LogP contribution in [-0.4, -0.2) is 11.7 Å². The van der Waals surface area contributed by atoms with Crippen LogP contribution in [0.5, 0.6) is 0 Å². The highest BCUT2D eigenvalue weighted by Gasteiger charge is 2.16. The molecular weight excluding hydrogens is 282 g/mol. The number of aromatic nitrogens is 1. The largest absolute Gasteiger partial charge is 0.323 e. The summed E-state index contributed by atoms with van der Waals surface area (Å²) in [5.41, 5.74) is 9.62. The Morgan fingerprint density at radius 1 is 1.43 bits per heavy atom. The summed E-state index contributed by atoms with van der Waals surface area (Å²) >= 11 is 6.00. The van der Waals surface area contributed by atoms with Crippen molar-refractivity contribution in [1.29, 1.82) is 0 Å². The Bertz CT molecular complexity index is 557. The zero-order chi connectivity index (χ0) is 16.6. The second-order valence-electron chi connectivity index (χ2n) is 4.08. The predicted octanol–water partition coefficient (Wildman–Crippen LogP) is 5.04. The van der Waals surface area contributed by atoms with Crippen molar-refractivity contribution < 1.29 is 0 Å². The van der Waals surface area contributed by atoms with Crippen molar-refractivity contribution in [1.82, 2.24) is 4.98 Å². The van der Waals surface area contributed by atoms with Crippen LogP contribution in [0.25, 0.3) is 16.8 Å². The molecular formula is C17H24ClN3. The zero-order valence-electron chi connectivity index (χ0n) is 13.3. The van der Waals surface area contributed by atoms with Crippen molar-refractivity contribution in [2.45, 2.75) is 33.7 Å². The highest BCUT2D eigenvalue weighted by atomic mass is 35.5. The van der Waals surface area contributed by atoms with E-state index in [1.807, 2.05) is 39.8 Å². The lowest BCUT2D eigenvalue weighted by Gasteiger charge is -2.16. The fourth-order valence-corrected chi connectivity index (χ4v) is 1.95. The molecule has 0 radical (unpaired) electrons. The summed E-state index contributed by atoms with van der Waals surface area (Å²) in [5, 5.41) is 0.402. The summed E-state index contributed by atoms with van der Waals surface area (Å²) in [7, 11) is 0. The molecule has 0 saturated carbocycles. The maximum Gasteiger partial charge on any atom is 0.0715 e. The number of halogens is 1. The Labute approximate surface area is 133 Å². The molecule has 1 heterocycles. The lowest BCUT2D eigenvalue weighted by molar-refractivity contribution is 0.775. The van der Waals surface area contributed by atoms with E-state index in [-0.39, 0.29) is 6.04 Å². The second-order valence-corrected chi connectivity index (χ2v) is 4.54. The average Bonchev–Trinajstić information content (AvgIpc) is 2.49. The third kappa shape index (κ3) is 4.66. The Morgan fingerprint density at radius 2 is 2.00 bits per heavy atom. The Hall–Kier alpha value is -1.71. The molecule has 21 heavy (non-hydrogen) atoms. The van der Waals surface area contributed by atoms with Crippen LogP contribution in [0.15, 0.2) is 30.3 Å². The molecule has 1 unspecified atom stereocenters.